The average molecular weight is 1240 g/mol. The molecule has 30 heteroatoms. The molecule has 0 aliphatic rings. The molecule has 0 atom stereocenters. The van der Waals surface area contributed by atoms with Crippen molar-refractivity contribution >= 4 is 56.4 Å². The maximum atomic E-state index is 14.2. The standard InChI is InChI=1S/C32H12BF24.C21H31O4S/c34-25(35,36)13-1-14(26(37,38)39)6-21(5-13)33(22-7-15(27(40,41)42)2-16(8-22)28(43,44)45,23-9-17(29(46,47)48)3-18(10-23)30(49,50)51)24-11-19(31(52,53)54)4-20(12-24)32(55,56)57;1-20(2,3)24-18(22)17(19(23)25-21(4,5)6)16(14-26(7)8)15-12-10-9-11-13-15/h1-12H;9-13H,14H2,1-8H3/q-1;+1. The van der Waals surface area contributed by atoms with Gasteiger partial charge in [-0.15, -0.1) is 0 Å². The van der Waals surface area contributed by atoms with Crippen LogP contribution in [0, 0.1) is 0 Å². The van der Waals surface area contributed by atoms with Gasteiger partial charge in [0.15, 0.2) is 5.57 Å². The van der Waals surface area contributed by atoms with Gasteiger partial charge in [-0.2, -0.15) is 127 Å². The van der Waals surface area contributed by atoms with E-state index in [2.05, 4.69) is 12.5 Å². The van der Waals surface area contributed by atoms with Gasteiger partial charge in [0.2, 0.25) is 0 Å². The van der Waals surface area contributed by atoms with E-state index in [-0.39, 0.29) is 16.5 Å². The van der Waals surface area contributed by atoms with E-state index < -0.39 is 218 Å². The van der Waals surface area contributed by atoms with Crippen LogP contribution in [0.25, 0.3) is 5.57 Å². The Labute approximate surface area is 459 Å². The Morgan fingerprint density at radius 3 is 0.735 bits per heavy atom. The molecule has 5 rings (SSSR count). The van der Waals surface area contributed by atoms with E-state index in [1.54, 1.807) is 41.5 Å². The lowest BCUT2D eigenvalue weighted by atomic mass is 9.12. The molecule has 0 heterocycles. The predicted molar refractivity (Wildman–Crippen MR) is 259 cm³/mol. The molecule has 0 fully saturated rings. The molecular weight excluding hydrogens is 1200 g/mol. The molecular formula is C53H43BF24O4S. The third kappa shape index (κ3) is 17.8. The van der Waals surface area contributed by atoms with E-state index in [0.29, 0.717) is 11.3 Å². The Kier molecular flexibility index (Phi) is 19.6. The van der Waals surface area contributed by atoms with Crippen LogP contribution in [0.15, 0.2) is 109 Å². The third-order valence-electron chi connectivity index (χ3n) is 11.5. The van der Waals surface area contributed by atoms with Gasteiger partial charge < -0.3 is 9.47 Å². The van der Waals surface area contributed by atoms with Crippen molar-refractivity contribution in [1.29, 1.82) is 0 Å². The molecule has 0 spiro atoms. The number of hydrogen-bond acceptors (Lipinski definition) is 4. The van der Waals surface area contributed by atoms with Gasteiger partial charge in [0.1, 0.15) is 23.1 Å². The molecule has 0 saturated heterocycles. The number of halogens is 24. The molecule has 0 bridgehead atoms. The highest BCUT2D eigenvalue weighted by atomic mass is 32.2. The van der Waals surface area contributed by atoms with Crippen LogP contribution in [0.3, 0.4) is 0 Å². The normalized spacial score (nSPS) is 13.6. The van der Waals surface area contributed by atoms with Crippen molar-refractivity contribution in [1.82, 2.24) is 0 Å². The van der Waals surface area contributed by atoms with Gasteiger partial charge in [-0.1, -0.05) is 78.9 Å². The number of rotatable bonds is 9. The Morgan fingerprint density at radius 2 is 0.566 bits per heavy atom. The highest BCUT2D eigenvalue weighted by molar-refractivity contribution is 7.95. The first kappa shape index (κ1) is 69.0. The minimum atomic E-state index is -6.13. The van der Waals surface area contributed by atoms with Crippen molar-refractivity contribution in [3.8, 4) is 0 Å². The van der Waals surface area contributed by atoms with E-state index in [4.69, 9.17) is 9.47 Å². The number of carbonyl (C=O) groups excluding carboxylic acids is 2. The van der Waals surface area contributed by atoms with Crippen LogP contribution in [-0.4, -0.2) is 47.6 Å². The quantitative estimate of drug-likeness (QED) is 0.0281. The molecule has 0 aliphatic heterocycles. The van der Waals surface area contributed by atoms with Gasteiger partial charge >= 0.3 is 61.3 Å². The second kappa shape index (κ2) is 23.5. The minimum Gasteiger partial charge on any atom is -0.456 e. The Balaban J connectivity index is 0.000000475. The van der Waals surface area contributed by atoms with Crippen LogP contribution in [0.4, 0.5) is 105 Å². The van der Waals surface area contributed by atoms with Crippen molar-refractivity contribution < 1.29 is 124 Å². The van der Waals surface area contributed by atoms with Crippen LogP contribution in [-0.2, 0) is 79.4 Å². The lowest BCUT2D eigenvalue weighted by Crippen LogP contribution is -2.75. The lowest BCUT2D eigenvalue weighted by molar-refractivity contribution is -0.159. The summed E-state index contributed by atoms with van der Waals surface area (Å²) in [5.41, 5.74) is -30.1. The zero-order chi connectivity index (χ0) is 64.0. The van der Waals surface area contributed by atoms with Crippen LogP contribution >= 0.6 is 0 Å². The van der Waals surface area contributed by atoms with Gasteiger partial charge in [-0.25, -0.2) is 9.59 Å². The van der Waals surface area contributed by atoms with E-state index in [9.17, 15) is 115 Å². The fraction of sp³-hybridized carbons (Fsp3) is 0.358. The lowest BCUT2D eigenvalue weighted by Gasteiger charge is -2.46. The van der Waals surface area contributed by atoms with E-state index in [0.717, 1.165) is 5.56 Å². The van der Waals surface area contributed by atoms with Gasteiger partial charge in [0.05, 0.1) is 57.0 Å². The van der Waals surface area contributed by atoms with Gasteiger partial charge in [-0.3, -0.25) is 0 Å². The van der Waals surface area contributed by atoms with E-state index in [1.807, 2.05) is 30.3 Å². The van der Waals surface area contributed by atoms with Crippen molar-refractivity contribution in [3.05, 3.63) is 159 Å². The number of carbonyl (C=O) groups is 2. The van der Waals surface area contributed by atoms with Crippen molar-refractivity contribution in [2.75, 3.05) is 18.3 Å². The number of benzene rings is 5. The molecule has 83 heavy (non-hydrogen) atoms. The van der Waals surface area contributed by atoms with Gasteiger partial charge in [-0.05, 0) is 82.3 Å². The molecule has 0 aliphatic carbocycles. The molecule has 0 N–H and O–H groups in total. The second-order valence-corrected chi connectivity index (χ2v) is 22.8. The molecule has 456 valence electrons. The van der Waals surface area contributed by atoms with E-state index in [1.165, 1.54) is 0 Å². The van der Waals surface area contributed by atoms with Crippen LogP contribution in [0.5, 0.6) is 0 Å². The summed E-state index contributed by atoms with van der Waals surface area (Å²) in [4.78, 5) is 25.8. The molecule has 5 aromatic rings. The van der Waals surface area contributed by atoms with Crippen LogP contribution < -0.4 is 21.9 Å². The predicted octanol–water partition coefficient (Wildman–Crippen LogP) is 15.2. The highest BCUT2D eigenvalue weighted by Crippen LogP contribution is 2.42. The zero-order valence-electron chi connectivity index (χ0n) is 43.7. The number of hydrogen-bond donors (Lipinski definition) is 0. The first-order valence-corrected chi connectivity index (χ1v) is 25.4. The van der Waals surface area contributed by atoms with Crippen molar-refractivity contribution in [3.63, 3.8) is 0 Å². The summed E-state index contributed by atoms with van der Waals surface area (Å²) in [6.45, 7) is 10.7. The summed E-state index contributed by atoms with van der Waals surface area (Å²) < 4.78 is 352. The smallest absolute Gasteiger partial charge is 0.416 e. The largest absolute Gasteiger partial charge is 0.456 e. The van der Waals surface area contributed by atoms with Gasteiger partial charge in [0.25, 0.3) is 0 Å². The third-order valence-corrected chi connectivity index (χ3v) is 12.4. The van der Waals surface area contributed by atoms with Gasteiger partial charge in [0, 0.05) is 5.57 Å². The molecule has 0 aromatic heterocycles. The van der Waals surface area contributed by atoms with Crippen LogP contribution in [0.1, 0.15) is 91.6 Å². The molecule has 5 aromatic carbocycles. The molecule has 4 nitrogen and oxygen atoms in total. The monoisotopic (exact) mass is 1240 g/mol. The summed E-state index contributed by atoms with van der Waals surface area (Å²) >= 11 is 0. The Bertz CT molecular complexity index is 2720. The summed E-state index contributed by atoms with van der Waals surface area (Å²) in [6, 6.07) is 0.670. The zero-order valence-corrected chi connectivity index (χ0v) is 44.5. The maximum Gasteiger partial charge on any atom is 0.416 e. The summed E-state index contributed by atoms with van der Waals surface area (Å²) in [6.07, 6.45) is -50.7. The first-order chi connectivity index (χ1) is 37.1. The number of ether oxygens (including phenoxy) is 2. The maximum absolute atomic E-state index is 14.2. The SMILES string of the molecule is C[S+](C)CC(=C(C(=O)OC(C)(C)C)C(=O)OC(C)(C)C)c1ccccc1.FC(F)(F)c1cc([B-](c2cc(C(F)(F)F)cc(C(F)(F)F)c2)(c2cc(C(F)(F)F)cc(C(F)(F)F)c2)c2cc(C(F)(F)F)cc(C(F)(F)F)c2)cc(C(F)(F)F)c1. The molecule has 0 amide bonds. The van der Waals surface area contributed by atoms with Crippen molar-refractivity contribution in [2.24, 2.45) is 0 Å². The number of esters is 2. The topological polar surface area (TPSA) is 52.6 Å². The average Bonchev–Trinajstić information content (AvgIpc) is 3.33. The first-order valence-electron chi connectivity index (χ1n) is 23.2. The summed E-state index contributed by atoms with van der Waals surface area (Å²) in [5.74, 6) is -0.690. The molecule has 0 unspecified atom stereocenters. The fourth-order valence-corrected chi connectivity index (χ4v) is 9.17. The second-order valence-electron chi connectivity index (χ2n) is 20.6. The van der Waals surface area contributed by atoms with Crippen LogP contribution in [0.2, 0.25) is 0 Å². The minimum absolute atomic E-state index is 0.0118. The molecule has 0 saturated carbocycles. The molecule has 0 radical (unpaired) electrons. The number of alkyl halides is 24. The fourth-order valence-electron chi connectivity index (χ4n) is 8.29. The van der Waals surface area contributed by atoms with E-state index >= 15 is 0 Å². The summed E-state index contributed by atoms with van der Waals surface area (Å²) in [5, 5.41) is 0. The Hall–Kier alpha value is -6.49. The Morgan fingerprint density at radius 1 is 0.361 bits per heavy atom. The summed E-state index contributed by atoms with van der Waals surface area (Å²) in [7, 11) is -0.0195. The highest BCUT2D eigenvalue weighted by Gasteiger charge is 2.47. The van der Waals surface area contributed by atoms with Crippen molar-refractivity contribution in [2.45, 2.75) is 102 Å².